The van der Waals surface area contributed by atoms with Crippen LogP contribution in [-0.4, -0.2) is 11.5 Å². The number of rotatable bonds is 4. The number of nitrogens with one attached hydrogen (secondary N) is 1. The number of halogens is 3. The van der Waals surface area contributed by atoms with Gasteiger partial charge in [-0.3, -0.25) is 0 Å². The van der Waals surface area contributed by atoms with Crippen LogP contribution in [0.5, 0.6) is 0 Å². The van der Waals surface area contributed by atoms with E-state index in [4.69, 9.17) is 5.26 Å². The van der Waals surface area contributed by atoms with Gasteiger partial charge >= 0.3 is 6.18 Å². The van der Waals surface area contributed by atoms with Gasteiger partial charge in [0.1, 0.15) is 17.5 Å². The lowest BCUT2D eigenvalue weighted by Gasteiger charge is -2.15. The first-order valence-corrected chi connectivity index (χ1v) is 6.40. The second-order valence-electron chi connectivity index (χ2n) is 4.42. The van der Waals surface area contributed by atoms with Crippen LogP contribution in [0.1, 0.15) is 11.1 Å². The number of nitriles is 1. The smallest absolute Gasteiger partial charge is 0.365 e. The summed E-state index contributed by atoms with van der Waals surface area (Å²) in [5, 5.41) is 11.8. The zero-order chi connectivity index (χ0) is 16.2. The zero-order valence-electron chi connectivity index (χ0n) is 11.5. The van der Waals surface area contributed by atoms with Crippen LogP contribution in [0.3, 0.4) is 0 Å². The molecule has 6 heteroatoms. The SMILES string of the molecule is C=CCNc1nc(-c2ccccc2)cc(C(F)(F)F)c1C#N. The normalized spacial score (nSPS) is 10.8. The molecule has 0 aliphatic heterocycles. The lowest BCUT2D eigenvalue weighted by molar-refractivity contribution is -0.137. The van der Waals surface area contributed by atoms with Gasteiger partial charge in [0.2, 0.25) is 0 Å². The highest BCUT2D eigenvalue weighted by atomic mass is 19.4. The van der Waals surface area contributed by atoms with E-state index in [1.165, 1.54) is 6.08 Å². The molecule has 0 bridgehead atoms. The first-order chi connectivity index (χ1) is 10.5. The largest absolute Gasteiger partial charge is 0.417 e. The van der Waals surface area contributed by atoms with E-state index < -0.39 is 17.3 Å². The number of hydrogen-bond donors (Lipinski definition) is 1. The Morgan fingerprint density at radius 2 is 1.95 bits per heavy atom. The Bertz CT molecular complexity index is 716. The molecule has 0 atom stereocenters. The Hall–Kier alpha value is -2.81. The second kappa shape index (κ2) is 6.31. The van der Waals surface area contributed by atoms with Crippen molar-refractivity contribution in [3.05, 3.63) is 60.2 Å². The minimum absolute atomic E-state index is 0.101. The summed E-state index contributed by atoms with van der Waals surface area (Å²) in [7, 11) is 0. The molecule has 0 aliphatic rings. The van der Waals surface area contributed by atoms with Gasteiger partial charge in [-0.1, -0.05) is 36.4 Å². The zero-order valence-corrected chi connectivity index (χ0v) is 11.5. The van der Waals surface area contributed by atoms with Crippen molar-refractivity contribution in [1.29, 1.82) is 5.26 Å². The molecule has 0 saturated heterocycles. The highest BCUT2D eigenvalue weighted by Crippen LogP contribution is 2.36. The van der Waals surface area contributed by atoms with Gasteiger partial charge in [0.05, 0.1) is 11.3 Å². The Balaban J connectivity index is 2.67. The second-order valence-corrected chi connectivity index (χ2v) is 4.42. The summed E-state index contributed by atoms with van der Waals surface area (Å²) in [6, 6.07) is 11.0. The molecule has 2 rings (SSSR count). The maximum Gasteiger partial charge on any atom is 0.417 e. The summed E-state index contributed by atoms with van der Waals surface area (Å²) < 4.78 is 39.6. The molecule has 1 aromatic heterocycles. The van der Waals surface area contributed by atoms with Crippen molar-refractivity contribution in [2.24, 2.45) is 0 Å². The number of alkyl halides is 3. The molecular formula is C16H12F3N3. The number of nitrogens with zero attached hydrogens (tertiary/aromatic N) is 2. The predicted molar refractivity (Wildman–Crippen MR) is 78.1 cm³/mol. The number of aromatic nitrogens is 1. The fourth-order valence-corrected chi connectivity index (χ4v) is 1.94. The lowest BCUT2D eigenvalue weighted by Crippen LogP contribution is -2.13. The molecule has 0 saturated carbocycles. The van der Waals surface area contributed by atoms with Gasteiger partial charge in [-0.2, -0.15) is 18.4 Å². The molecule has 0 unspecified atom stereocenters. The average Bonchev–Trinajstić information content (AvgIpc) is 2.51. The highest BCUT2D eigenvalue weighted by molar-refractivity contribution is 5.68. The first-order valence-electron chi connectivity index (χ1n) is 6.40. The van der Waals surface area contributed by atoms with Crippen molar-refractivity contribution in [3.63, 3.8) is 0 Å². The van der Waals surface area contributed by atoms with Gasteiger partial charge in [-0.05, 0) is 6.07 Å². The number of pyridine rings is 1. The summed E-state index contributed by atoms with van der Waals surface area (Å²) in [6.45, 7) is 3.69. The van der Waals surface area contributed by atoms with Crippen LogP contribution in [0, 0.1) is 11.3 Å². The summed E-state index contributed by atoms with van der Waals surface area (Å²) >= 11 is 0. The van der Waals surface area contributed by atoms with E-state index in [0.717, 1.165) is 6.07 Å². The Labute approximate surface area is 125 Å². The van der Waals surface area contributed by atoms with Gasteiger partial charge in [0, 0.05) is 12.1 Å². The maximum absolute atomic E-state index is 13.2. The van der Waals surface area contributed by atoms with E-state index in [9.17, 15) is 13.2 Å². The van der Waals surface area contributed by atoms with Crippen molar-refractivity contribution in [1.82, 2.24) is 4.98 Å². The molecule has 1 aromatic carbocycles. The molecule has 112 valence electrons. The van der Waals surface area contributed by atoms with Gasteiger partial charge < -0.3 is 5.32 Å². The van der Waals surface area contributed by atoms with E-state index >= 15 is 0 Å². The van der Waals surface area contributed by atoms with Gasteiger partial charge in [-0.15, -0.1) is 6.58 Å². The predicted octanol–water partition coefficient (Wildman–Crippen LogP) is 4.24. The fourth-order valence-electron chi connectivity index (χ4n) is 1.94. The van der Waals surface area contributed by atoms with E-state index in [1.54, 1.807) is 36.4 Å². The highest BCUT2D eigenvalue weighted by Gasteiger charge is 2.36. The molecular weight excluding hydrogens is 291 g/mol. The number of anilines is 1. The van der Waals surface area contributed by atoms with Crippen molar-refractivity contribution in [2.45, 2.75) is 6.18 Å². The monoisotopic (exact) mass is 303 g/mol. The summed E-state index contributed by atoms with van der Waals surface area (Å²) in [5.74, 6) is -0.101. The molecule has 0 spiro atoms. The molecule has 1 heterocycles. The minimum atomic E-state index is -4.64. The third kappa shape index (κ3) is 3.26. The standard InChI is InChI=1S/C16H12F3N3/c1-2-8-21-15-12(10-20)13(16(17,18)19)9-14(22-15)11-6-4-3-5-7-11/h2-7,9H,1,8H2,(H,21,22). The lowest BCUT2D eigenvalue weighted by atomic mass is 10.0. The van der Waals surface area contributed by atoms with Gasteiger partial charge in [0.15, 0.2) is 0 Å². The fraction of sp³-hybridized carbons (Fsp3) is 0.125. The quantitative estimate of drug-likeness (QED) is 0.860. The number of benzene rings is 1. The van der Waals surface area contributed by atoms with Crippen LogP contribution in [0.15, 0.2) is 49.1 Å². The Morgan fingerprint density at radius 3 is 2.50 bits per heavy atom. The number of hydrogen-bond acceptors (Lipinski definition) is 3. The topological polar surface area (TPSA) is 48.7 Å². The van der Waals surface area contributed by atoms with Crippen LogP contribution in [0.25, 0.3) is 11.3 Å². The summed E-state index contributed by atoms with van der Waals surface area (Å²) in [5.41, 5.74) is -0.831. The molecule has 0 radical (unpaired) electrons. The van der Waals surface area contributed by atoms with Crippen molar-refractivity contribution >= 4 is 5.82 Å². The van der Waals surface area contributed by atoms with Crippen LogP contribution in [-0.2, 0) is 6.18 Å². The molecule has 22 heavy (non-hydrogen) atoms. The Morgan fingerprint density at radius 1 is 1.27 bits per heavy atom. The third-order valence-corrected chi connectivity index (χ3v) is 2.92. The van der Waals surface area contributed by atoms with Crippen molar-refractivity contribution in [3.8, 4) is 17.3 Å². The Kier molecular flexibility index (Phi) is 4.47. The molecule has 2 aromatic rings. The van der Waals surface area contributed by atoms with E-state index in [-0.39, 0.29) is 18.1 Å². The average molecular weight is 303 g/mol. The van der Waals surface area contributed by atoms with Crippen LogP contribution >= 0.6 is 0 Å². The molecule has 0 amide bonds. The van der Waals surface area contributed by atoms with Gasteiger partial charge in [-0.25, -0.2) is 4.98 Å². The molecule has 3 nitrogen and oxygen atoms in total. The summed E-state index contributed by atoms with van der Waals surface area (Å²) in [6.07, 6.45) is -3.16. The minimum Gasteiger partial charge on any atom is -0.365 e. The van der Waals surface area contributed by atoms with Crippen molar-refractivity contribution in [2.75, 3.05) is 11.9 Å². The van der Waals surface area contributed by atoms with Crippen molar-refractivity contribution < 1.29 is 13.2 Å². The third-order valence-electron chi connectivity index (χ3n) is 2.92. The van der Waals surface area contributed by atoms with E-state index in [0.29, 0.717) is 5.56 Å². The van der Waals surface area contributed by atoms with E-state index in [1.807, 2.05) is 0 Å². The molecule has 0 aliphatic carbocycles. The van der Waals surface area contributed by atoms with Crippen LogP contribution in [0.2, 0.25) is 0 Å². The summed E-state index contributed by atoms with van der Waals surface area (Å²) in [4.78, 5) is 4.14. The maximum atomic E-state index is 13.2. The van der Waals surface area contributed by atoms with Crippen LogP contribution < -0.4 is 5.32 Å². The molecule has 1 N–H and O–H groups in total. The first kappa shape index (κ1) is 15.6. The van der Waals surface area contributed by atoms with Crippen LogP contribution in [0.4, 0.5) is 19.0 Å². The molecule has 0 fully saturated rings. The van der Waals surface area contributed by atoms with Gasteiger partial charge in [0.25, 0.3) is 0 Å². The van der Waals surface area contributed by atoms with E-state index in [2.05, 4.69) is 16.9 Å².